The third-order valence-electron chi connectivity index (χ3n) is 2.33. The molecule has 0 aliphatic rings. The number of hydrogen-bond donors (Lipinski definition) is 2. The van der Waals surface area contributed by atoms with Crippen LogP contribution in [0.4, 0.5) is 5.69 Å². The molecule has 0 aliphatic heterocycles. The molecule has 3 N–H and O–H groups in total. The van der Waals surface area contributed by atoms with Gasteiger partial charge in [-0.05, 0) is 24.3 Å². The highest BCUT2D eigenvalue weighted by Gasteiger charge is 2.08. The number of amides is 1. The van der Waals surface area contributed by atoms with Crippen molar-refractivity contribution in [1.82, 2.24) is 0 Å². The summed E-state index contributed by atoms with van der Waals surface area (Å²) >= 11 is 0. The van der Waals surface area contributed by atoms with Gasteiger partial charge in [0.15, 0.2) is 5.84 Å². The summed E-state index contributed by atoms with van der Waals surface area (Å²) < 4.78 is 0. The van der Waals surface area contributed by atoms with Crippen molar-refractivity contribution in [3.63, 3.8) is 0 Å². The van der Waals surface area contributed by atoms with Gasteiger partial charge in [0.1, 0.15) is 0 Å². The number of rotatable bonds is 3. The van der Waals surface area contributed by atoms with E-state index in [1.165, 1.54) is 0 Å². The summed E-state index contributed by atoms with van der Waals surface area (Å²) in [6.45, 7) is 1.81. The molecule has 0 saturated carbocycles. The van der Waals surface area contributed by atoms with Crippen LogP contribution in [-0.2, 0) is 4.79 Å². The van der Waals surface area contributed by atoms with Gasteiger partial charge in [0.2, 0.25) is 5.91 Å². The first kappa shape index (κ1) is 12.0. The number of anilines is 1. The summed E-state index contributed by atoms with van der Waals surface area (Å²) in [5.74, 6) is 0.0903. The van der Waals surface area contributed by atoms with Crippen LogP contribution in [-0.4, -0.2) is 24.0 Å². The van der Waals surface area contributed by atoms with Gasteiger partial charge in [-0.15, -0.1) is 0 Å². The monoisotopic (exact) mass is 221 g/mol. The lowest BCUT2D eigenvalue weighted by atomic mass is 10.2. The zero-order chi connectivity index (χ0) is 12.1. The van der Waals surface area contributed by atoms with Gasteiger partial charge in [0.05, 0.1) is 0 Å². The quantitative estimate of drug-likeness (QED) is 0.348. The normalized spacial score (nSPS) is 11.2. The average Bonchev–Trinajstić information content (AvgIpc) is 2.36. The molecule has 0 unspecified atom stereocenters. The minimum atomic E-state index is 0.0385. The molecule has 1 aromatic carbocycles. The lowest BCUT2D eigenvalue weighted by molar-refractivity contribution is -0.118. The molecule has 1 aromatic rings. The van der Waals surface area contributed by atoms with Gasteiger partial charge in [0, 0.05) is 24.7 Å². The van der Waals surface area contributed by atoms with Crippen LogP contribution in [0, 0.1) is 0 Å². The van der Waals surface area contributed by atoms with E-state index in [1.54, 1.807) is 36.2 Å². The molecule has 5 nitrogen and oxygen atoms in total. The van der Waals surface area contributed by atoms with Crippen molar-refractivity contribution < 1.29 is 10.0 Å². The Morgan fingerprint density at radius 1 is 1.44 bits per heavy atom. The van der Waals surface area contributed by atoms with E-state index < -0.39 is 0 Å². The second kappa shape index (κ2) is 5.16. The van der Waals surface area contributed by atoms with Crippen LogP contribution in [0.1, 0.15) is 18.9 Å². The Balaban J connectivity index is 2.91. The molecule has 0 radical (unpaired) electrons. The summed E-state index contributed by atoms with van der Waals surface area (Å²) in [7, 11) is 1.71. The number of hydrogen-bond acceptors (Lipinski definition) is 3. The lowest BCUT2D eigenvalue weighted by Crippen LogP contribution is -2.25. The number of oxime groups is 1. The summed E-state index contributed by atoms with van der Waals surface area (Å²) in [4.78, 5) is 13.0. The molecule has 16 heavy (non-hydrogen) atoms. The fourth-order valence-electron chi connectivity index (χ4n) is 1.29. The lowest BCUT2D eigenvalue weighted by Gasteiger charge is -2.16. The Hall–Kier alpha value is -2.04. The van der Waals surface area contributed by atoms with Crippen LogP contribution < -0.4 is 10.6 Å². The SMILES string of the molecule is CCC(=O)N(C)c1ccc(C(N)=NO)cc1. The Bertz CT molecular complexity index is 398. The van der Waals surface area contributed by atoms with Gasteiger partial charge in [-0.2, -0.15) is 0 Å². The standard InChI is InChI=1S/C11H15N3O2/c1-3-10(15)14(2)9-6-4-8(5-7-9)11(12)13-16/h4-7,16H,3H2,1-2H3,(H2,12,13). The van der Waals surface area contributed by atoms with E-state index in [0.717, 1.165) is 5.69 Å². The van der Waals surface area contributed by atoms with Crippen LogP contribution in [0.15, 0.2) is 29.4 Å². The molecule has 1 rings (SSSR count). The zero-order valence-electron chi connectivity index (χ0n) is 9.34. The number of carbonyl (C=O) groups is 1. The first-order chi connectivity index (χ1) is 7.60. The third-order valence-corrected chi connectivity index (χ3v) is 2.33. The first-order valence-electron chi connectivity index (χ1n) is 4.94. The maximum Gasteiger partial charge on any atom is 0.226 e. The van der Waals surface area contributed by atoms with E-state index >= 15 is 0 Å². The fourth-order valence-corrected chi connectivity index (χ4v) is 1.29. The van der Waals surface area contributed by atoms with E-state index in [2.05, 4.69) is 5.16 Å². The minimum absolute atomic E-state index is 0.0385. The maximum absolute atomic E-state index is 11.4. The highest BCUT2D eigenvalue weighted by Crippen LogP contribution is 2.14. The predicted molar refractivity (Wildman–Crippen MR) is 62.7 cm³/mol. The molecule has 0 aliphatic carbocycles. The van der Waals surface area contributed by atoms with Crippen molar-refractivity contribution in [2.75, 3.05) is 11.9 Å². The second-order valence-corrected chi connectivity index (χ2v) is 3.34. The fraction of sp³-hybridized carbons (Fsp3) is 0.273. The zero-order valence-corrected chi connectivity index (χ0v) is 9.34. The van der Waals surface area contributed by atoms with Gasteiger partial charge in [-0.3, -0.25) is 4.79 Å². The number of amidine groups is 1. The Morgan fingerprint density at radius 3 is 2.44 bits per heavy atom. The van der Waals surface area contributed by atoms with Gasteiger partial charge < -0.3 is 15.8 Å². The van der Waals surface area contributed by atoms with Crippen molar-refractivity contribution in [2.24, 2.45) is 10.9 Å². The van der Waals surface area contributed by atoms with E-state index in [9.17, 15) is 4.79 Å². The highest BCUT2D eigenvalue weighted by atomic mass is 16.4. The van der Waals surface area contributed by atoms with Crippen molar-refractivity contribution in [3.05, 3.63) is 29.8 Å². The molecule has 0 heterocycles. The summed E-state index contributed by atoms with van der Waals surface area (Å²) in [5.41, 5.74) is 6.82. The molecule has 86 valence electrons. The number of benzene rings is 1. The van der Waals surface area contributed by atoms with Crippen molar-refractivity contribution in [3.8, 4) is 0 Å². The molecule has 1 amide bonds. The topological polar surface area (TPSA) is 78.9 Å². The van der Waals surface area contributed by atoms with Crippen molar-refractivity contribution in [1.29, 1.82) is 0 Å². The summed E-state index contributed by atoms with van der Waals surface area (Å²) in [6, 6.07) is 6.90. The average molecular weight is 221 g/mol. The maximum atomic E-state index is 11.4. The molecule has 0 fully saturated rings. The molecule has 0 atom stereocenters. The molecule has 5 heteroatoms. The van der Waals surface area contributed by atoms with E-state index in [4.69, 9.17) is 10.9 Å². The minimum Gasteiger partial charge on any atom is -0.409 e. The van der Waals surface area contributed by atoms with Gasteiger partial charge in [0.25, 0.3) is 0 Å². The summed E-state index contributed by atoms with van der Waals surface area (Å²) in [6.07, 6.45) is 0.457. The van der Waals surface area contributed by atoms with Crippen LogP contribution in [0.25, 0.3) is 0 Å². The van der Waals surface area contributed by atoms with E-state index in [-0.39, 0.29) is 11.7 Å². The van der Waals surface area contributed by atoms with Gasteiger partial charge >= 0.3 is 0 Å². The molecular weight excluding hydrogens is 206 g/mol. The molecule has 0 saturated heterocycles. The second-order valence-electron chi connectivity index (χ2n) is 3.34. The third kappa shape index (κ3) is 2.50. The van der Waals surface area contributed by atoms with E-state index in [0.29, 0.717) is 12.0 Å². The van der Waals surface area contributed by atoms with Crippen LogP contribution in [0.3, 0.4) is 0 Å². The number of nitrogens with two attached hydrogens (primary N) is 1. The largest absolute Gasteiger partial charge is 0.409 e. The van der Waals surface area contributed by atoms with Gasteiger partial charge in [-0.25, -0.2) is 0 Å². The smallest absolute Gasteiger partial charge is 0.226 e. The molecule has 0 aromatic heterocycles. The molecule has 0 spiro atoms. The van der Waals surface area contributed by atoms with Gasteiger partial charge in [-0.1, -0.05) is 12.1 Å². The van der Waals surface area contributed by atoms with Crippen LogP contribution in [0.2, 0.25) is 0 Å². The summed E-state index contributed by atoms with van der Waals surface area (Å²) in [5, 5.41) is 11.4. The highest BCUT2D eigenvalue weighted by molar-refractivity contribution is 5.98. The van der Waals surface area contributed by atoms with E-state index in [1.807, 2.05) is 6.92 Å². The molecule has 0 bridgehead atoms. The Kier molecular flexibility index (Phi) is 3.88. The Morgan fingerprint density at radius 2 is 2.00 bits per heavy atom. The number of carbonyl (C=O) groups excluding carboxylic acids is 1. The van der Waals surface area contributed by atoms with Crippen molar-refractivity contribution in [2.45, 2.75) is 13.3 Å². The van der Waals surface area contributed by atoms with Crippen LogP contribution in [0.5, 0.6) is 0 Å². The predicted octanol–water partition coefficient (Wildman–Crippen LogP) is 1.15. The first-order valence-corrected chi connectivity index (χ1v) is 4.94. The van der Waals surface area contributed by atoms with Crippen molar-refractivity contribution >= 4 is 17.4 Å². The molecular formula is C11H15N3O2. The number of nitrogens with zero attached hydrogens (tertiary/aromatic N) is 2. The Labute approximate surface area is 94.2 Å². The van der Waals surface area contributed by atoms with Crippen LogP contribution >= 0.6 is 0 Å².